The Morgan fingerprint density at radius 3 is 2.35 bits per heavy atom. The molecule has 114 valence electrons. The topological polar surface area (TPSA) is 24.5 Å². The molecule has 0 aliphatic rings. The van der Waals surface area contributed by atoms with E-state index in [1.165, 1.54) is 18.4 Å². The smallest absolute Gasteiger partial charge is 0.123 e. The summed E-state index contributed by atoms with van der Waals surface area (Å²) in [7, 11) is 6.08. The van der Waals surface area contributed by atoms with Gasteiger partial charge in [-0.2, -0.15) is 0 Å². The van der Waals surface area contributed by atoms with Crippen molar-refractivity contribution in [3.8, 4) is 5.75 Å². The summed E-state index contributed by atoms with van der Waals surface area (Å²) in [6.45, 7) is 6.43. The van der Waals surface area contributed by atoms with Gasteiger partial charge in [0.1, 0.15) is 5.75 Å². The highest BCUT2D eigenvalue weighted by Gasteiger charge is 2.20. The fraction of sp³-hybridized carbons (Fsp3) is 0.647. The summed E-state index contributed by atoms with van der Waals surface area (Å²) >= 11 is 0. The number of nitrogens with one attached hydrogen (secondary N) is 1. The van der Waals surface area contributed by atoms with Crippen molar-refractivity contribution < 1.29 is 4.74 Å². The van der Waals surface area contributed by atoms with Gasteiger partial charge in [-0.1, -0.05) is 44.9 Å². The molecule has 1 rings (SSSR count). The summed E-state index contributed by atoms with van der Waals surface area (Å²) in [5.74, 6) is 1.71. The van der Waals surface area contributed by atoms with E-state index in [2.05, 4.69) is 50.3 Å². The third-order valence-corrected chi connectivity index (χ3v) is 4.12. The van der Waals surface area contributed by atoms with Gasteiger partial charge >= 0.3 is 0 Å². The quantitative estimate of drug-likeness (QED) is 0.751. The minimum atomic E-state index is 0.583. The van der Waals surface area contributed by atoms with E-state index in [1.807, 2.05) is 12.1 Å². The van der Waals surface area contributed by atoms with Crippen LogP contribution >= 0.6 is 0 Å². The zero-order chi connectivity index (χ0) is 15.0. The average molecular weight is 278 g/mol. The van der Waals surface area contributed by atoms with Crippen LogP contribution in [0.3, 0.4) is 0 Å². The maximum Gasteiger partial charge on any atom is 0.123 e. The molecular weight excluding hydrogens is 248 g/mol. The first-order valence-electron chi connectivity index (χ1n) is 7.63. The van der Waals surface area contributed by atoms with Crippen LogP contribution in [0, 0.1) is 5.92 Å². The minimum Gasteiger partial charge on any atom is -0.496 e. The Bertz CT molecular complexity index is 375. The van der Waals surface area contributed by atoms with Gasteiger partial charge in [-0.3, -0.25) is 0 Å². The number of nitrogens with zero attached hydrogens (tertiary/aromatic N) is 1. The number of methoxy groups -OCH3 is 1. The fourth-order valence-corrected chi connectivity index (χ4v) is 2.81. The summed E-state index contributed by atoms with van der Waals surface area (Å²) < 4.78 is 5.39. The molecule has 0 aromatic heterocycles. The molecule has 0 amide bonds. The number of likely N-dealkylation sites (N-methyl/N-ethyl adjacent to an activating group) is 1. The standard InChI is InChI=1S/C17H30N2O/c1-6-14(7-2)16(19(3)4)13-18-12-15-10-8-9-11-17(15)20-5/h8-11,14,16,18H,6-7,12-13H2,1-5H3. The molecule has 0 saturated heterocycles. The molecule has 0 aliphatic heterocycles. The number of hydrogen-bond acceptors (Lipinski definition) is 3. The van der Waals surface area contributed by atoms with Crippen molar-refractivity contribution in [1.29, 1.82) is 0 Å². The first kappa shape index (κ1) is 17.0. The van der Waals surface area contributed by atoms with Gasteiger partial charge < -0.3 is 15.0 Å². The normalized spacial score (nSPS) is 12.9. The van der Waals surface area contributed by atoms with Crippen LogP contribution in [-0.4, -0.2) is 38.7 Å². The largest absolute Gasteiger partial charge is 0.496 e. The Morgan fingerprint density at radius 1 is 1.15 bits per heavy atom. The first-order chi connectivity index (χ1) is 9.63. The summed E-state index contributed by atoms with van der Waals surface area (Å²) in [5.41, 5.74) is 1.22. The Labute approximate surface area is 124 Å². The van der Waals surface area contributed by atoms with E-state index in [0.717, 1.165) is 24.8 Å². The molecular formula is C17H30N2O. The maximum absolute atomic E-state index is 5.39. The Kier molecular flexibility index (Phi) is 7.63. The Balaban J connectivity index is 2.56. The van der Waals surface area contributed by atoms with Crippen molar-refractivity contribution in [2.75, 3.05) is 27.7 Å². The van der Waals surface area contributed by atoms with Gasteiger partial charge in [-0.15, -0.1) is 0 Å². The molecule has 0 bridgehead atoms. The molecule has 0 spiro atoms. The first-order valence-corrected chi connectivity index (χ1v) is 7.63. The molecule has 1 aromatic rings. The van der Waals surface area contributed by atoms with Crippen molar-refractivity contribution in [2.45, 2.75) is 39.3 Å². The molecule has 3 heteroatoms. The van der Waals surface area contributed by atoms with E-state index in [9.17, 15) is 0 Å². The van der Waals surface area contributed by atoms with Gasteiger partial charge in [-0.25, -0.2) is 0 Å². The van der Waals surface area contributed by atoms with Crippen LogP contribution in [0.2, 0.25) is 0 Å². The number of para-hydroxylation sites is 1. The van der Waals surface area contributed by atoms with Gasteiger partial charge in [-0.05, 0) is 26.1 Å². The second kappa shape index (κ2) is 8.98. The second-order valence-electron chi connectivity index (χ2n) is 5.55. The van der Waals surface area contributed by atoms with Crippen molar-refractivity contribution in [2.24, 2.45) is 5.92 Å². The highest BCUT2D eigenvalue weighted by atomic mass is 16.5. The van der Waals surface area contributed by atoms with Crippen LogP contribution < -0.4 is 10.1 Å². The summed E-state index contributed by atoms with van der Waals surface area (Å²) in [6, 6.07) is 8.79. The van der Waals surface area contributed by atoms with Gasteiger partial charge in [0.25, 0.3) is 0 Å². The summed E-state index contributed by atoms with van der Waals surface area (Å²) in [5, 5.41) is 3.59. The van der Waals surface area contributed by atoms with Gasteiger partial charge in [0.15, 0.2) is 0 Å². The highest BCUT2D eigenvalue weighted by Crippen LogP contribution is 2.18. The average Bonchev–Trinajstić information content (AvgIpc) is 2.46. The lowest BCUT2D eigenvalue weighted by Crippen LogP contribution is -2.42. The lowest BCUT2D eigenvalue weighted by Gasteiger charge is -2.31. The maximum atomic E-state index is 5.39. The van der Waals surface area contributed by atoms with Gasteiger partial charge in [0, 0.05) is 24.7 Å². The minimum absolute atomic E-state index is 0.583. The number of rotatable bonds is 9. The van der Waals surface area contributed by atoms with Gasteiger partial charge in [0.05, 0.1) is 7.11 Å². The molecule has 0 aliphatic carbocycles. The third kappa shape index (κ3) is 4.80. The predicted octanol–water partition coefficient (Wildman–Crippen LogP) is 3.15. The summed E-state index contributed by atoms with van der Waals surface area (Å²) in [4.78, 5) is 2.34. The van der Waals surface area contributed by atoms with E-state index < -0.39 is 0 Å². The molecule has 0 radical (unpaired) electrons. The SMILES string of the molecule is CCC(CC)C(CNCc1ccccc1OC)N(C)C. The van der Waals surface area contributed by atoms with Crippen LogP contribution in [-0.2, 0) is 6.54 Å². The number of ether oxygens (including phenoxy) is 1. The summed E-state index contributed by atoms with van der Waals surface area (Å²) in [6.07, 6.45) is 2.46. The van der Waals surface area contributed by atoms with E-state index in [-0.39, 0.29) is 0 Å². The van der Waals surface area contributed by atoms with Crippen molar-refractivity contribution in [3.05, 3.63) is 29.8 Å². The lowest BCUT2D eigenvalue weighted by atomic mass is 9.93. The fourth-order valence-electron chi connectivity index (χ4n) is 2.81. The molecule has 0 saturated carbocycles. The van der Waals surface area contributed by atoms with Crippen LogP contribution in [0.4, 0.5) is 0 Å². The molecule has 3 nitrogen and oxygen atoms in total. The predicted molar refractivity (Wildman–Crippen MR) is 86.2 cm³/mol. The zero-order valence-electron chi connectivity index (χ0n) is 13.6. The number of benzene rings is 1. The molecule has 0 heterocycles. The van der Waals surface area contributed by atoms with Crippen LogP contribution in [0.25, 0.3) is 0 Å². The number of hydrogen-bond donors (Lipinski definition) is 1. The molecule has 1 atom stereocenters. The molecule has 1 aromatic carbocycles. The van der Waals surface area contributed by atoms with E-state index in [4.69, 9.17) is 4.74 Å². The van der Waals surface area contributed by atoms with Crippen molar-refractivity contribution in [1.82, 2.24) is 10.2 Å². The molecule has 20 heavy (non-hydrogen) atoms. The van der Waals surface area contributed by atoms with E-state index >= 15 is 0 Å². The lowest BCUT2D eigenvalue weighted by molar-refractivity contribution is 0.193. The highest BCUT2D eigenvalue weighted by molar-refractivity contribution is 5.32. The van der Waals surface area contributed by atoms with Crippen molar-refractivity contribution in [3.63, 3.8) is 0 Å². The molecule has 1 unspecified atom stereocenters. The Hall–Kier alpha value is -1.06. The Morgan fingerprint density at radius 2 is 1.80 bits per heavy atom. The van der Waals surface area contributed by atoms with Crippen LogP contribution in [0.5, 0.6) is 5.75 Å². The van der Waals surface area contributed by atoms with E-state index in [1.54, 1.807) is 7.11 Å². The van der Waals surface area contributed by atoms with Gasteiger partial charge in [0.2, 0.25) is 0 Å². The molecule has 1 N–H and O–H groups in total. The van der Waals surface area contributed by atoms with Crippen molar-refractivity contribution >= 4 is 0 Å². The third-order valence-electron chi connectivity index (χ3n) is 4.12. The monoisotopic (exact) mass is 278 g/mol. The van der Waals surface area contributed by atoms with Crippen LogP contribution in [0.15, 0.2) is 24.3 Å². The van der Waals surface area contributed by atoms with E-state index in [0.29, 0.717) is 6.04 Å². The van der Waals surface area contributed by atoms with Crippen LogP contribution in [0.1, 0.15) is 32.3 Å². The second-order valence-corrected chi connectivity index (χ2v) is 5.55. The molecule has 0 fully saturated rings. The zero-order valence-corrected chi connectivity index (χ0v) is 13.6.